The molecule has 2 unspecified atom stereocenters. The molecule has 1 aromatic carbocycles. The summed E-state index contributed by atoms with van der Waals surface area (Å²) in [7, 11) is 0. The summed E-state index contributed by atoms with van der Waals surface area (Å²) in [6.45, 7) is 4.47. The van der Waals surface area contributed by atoms with Gasteiger partial charge in [0.05, 0.1) is 17.9 Å². The summed E-state index contributed by atoms with van der Waals surface area (Å²) >= 11 is 0. The van der Waals surface area contributed by atoms with Gasteiger partial charge in [-0.2, -0.15) is 0 Å². The smallest absolute Gasteiger partial charge is 0.313 e. The zero-order chi connectivity index (χ0) is 20.3. The number of nitrogens with two attached hydrogens (primary N) is 1. The molecule has 7 heteroatoms. The molecule has 2 atom stereocenters. The van der Waals surface area contributed by atoms with Gasteiger partial charge in [-0.05, 0) is 54.5 Å². The number of hydrogen-bond donors (Lipinski definition) is 2. The summed E-state index contributed by atoms with van der Waals surface area (Å²) in [6.07, 6.45) is 3.78. The number of hydrogen-bond acceptors (Lipinski definition) is 4. The van der Waals surface area contributed by atoms with Crippen LogP contribution in [0.15, 0.2) is 36.5 Å². The van der Waals surface area contributed by atoms with Gasteiger partial charge in [-0.1, -0.05) is 26.0 Å². The summed E-state index contributed by atoms with van der Waals surface area (Å²) in [5.74, 6) is -0.942. The highest BCUT2D eigenvalue weighted by Gasteiger charge is 2.34. The van der Waals surface area contributed by atoms with Gasteiger partial charge < -0.3 is 16.0 Å². The van der Waals surface area contributed by atoms with Crippen molar-refractivity contribution < 1.29 is 14.0 Å². The van der Waals surface area contributed by atoms with E-state index in [1.165, 1.54) is 18.3 Å². The number of benzene rings is 1. The fourth-order valence-corrected chi connectivity index (χ4v) is 3.60. The lowest BCUT2D eigenvalue weighted by Crippen LogP contribution is -2.46. The second kappa shape index (κ2) is 8.37. The van der Waals surface area contributed by atoms with Crippen molar-refractivity contribution in [2.24, 2.45) is 5.92 Å². The van der Waals surface area contributed by atoms with E-state index < -0.39 is 11.8 Å². The number of nitrogen functional groups attached to an aromatic ring is 1. The highest BCUT2D eigenvalue weighted by Crippen LogP contribution is 2.33. The predicted molar refractivity (Wildman–Crippen MR) is 106 cm³/mol. The van der Waals surface area contributed by atoms with Gasteiger partial charge in [0.2, 0.25) is 0 Å². The minimum atomic E-state index is -0.713. The van der Waals surface area contributed by atoms with E-state index in [-0.39, 0.29) is 11.9 Å². The quantitative estimate of drug-likeness (QED) is 0.795. The number of piperidine rings is 1. The van der Waals surface area contributed by atoms with Crippen molar-refractivity contribution in [3.8, 4) is 0 Å². The number of carbonyl (C=O) groups excluding carboxylic acids is 2. The van der Waals surface area contributed by atoms with Crippen molar-refractivity contribution >= 4 is 23.3 Å². The number of pyridine rings is 1. The Balaban J connectivity index is 1.79. The fourth-order valence-electron chi connectivity index (χ4n) is 3.60. The van der Waals surface area contributed by atoms with Gasteiger partial charge in [0, 0.05) is 6.54 Å². The summed E-state index contributed by atoms with van der Waals surface area (Å²) in [6, 6.07) is 7.58. The third-order valence-electron chi connectivity index (χ3n) is 5.17. The number of nitrogens with zero attached hydrogens (tertiary/aromatic N) is 2. The van der Waals surface area contributed by atoms with E-state index in [0.29, 0.717) is 30.4 Å². The van der Waals surface area contributed by atoms with E-state index in [9.17, 15) is 14.0 Å². The Morgan fingerprint density at radius 1 is 1.29 bits per heavy atom. The summed E-state index contributed by atoms with van der Waals surface area (Å²) < 4.78 is 13.3. The maximum absolute atomic E-state index is 13.3. The van der Waals surface area contributed by atoms with Gasteiger partial charge >= 0.3 is 11.8 Å². The SMILES string of the molecule is CCc1cc(NC(=O)C(=O)N2CC(C)CCC2c2ccc(F)cc2)cnc1N. The van der Waals surface area contributed by atoms with E-state index in [1.807, 2.05) is 6.92 Å². The van der Waals surface area contributed by atoms with E-state index in [0.717, 1.165) is 24.0 Å². The van der Waals surface area contributed by atoms with Crippen LogP contribution in [0.4, 0.5) is 15.9 Å². The highest BCUT2D eigenvalue weighted by molar-refractivity contribution is 6.39. The standard InChI is InChI=1S/C21H25FN4O2/c1-3-14-10-17(11-24-19(14)23)25-20(27)21(28)26-12-13(2)4-9-18(26)15-5-7-16(22)8-6-15/h5-8,10-11,13,18H,3-4,9,12H2,1-2H3,(H2,23,24)(H,25,27). The third-order valence-corrected chi connectivity index (χ3v) is 5.17. The highest BCUT2D eigenvalue weighted by atomic mass is 19.1. The van der Waals surface area contributed by atoms with E-state index in [2.05, 4.69) is 17.2 Å². The van der Waals surface area contributed by atoms with Crippen LogP contribution in [0.3, 0.4) is 0 Å². The van der Waals surface area contributed by atoms with Crippen LogP contribution < -0.4 is 11.1 Å². The average Bonchev–Trinajstić information content (AvgIpc) is 2.69. The minimum absolute atomic E-state index is 0.245. The summed E-state index contributed by atoms with van der Waals surface area (Å²) in [4.78, 5) is 31.2. The largest absolute Gasteiger partial charge is 0.383 e. The van der Waals surface area contributed by atoms with Crippen LogP contribution in [-0.2, 0) is 16.0 Å². The number of anilines is 2. The molecular weight excluding hydrogens is 359 g/mol. The normalized spacial score (nSPS) is 19.3. The Morgan fingerprint density at radius 3 is 2.68 bits per heavy atom. The molecule has 1 aromatic heterocycles. The second-order valence-electron chi connectivity index (χ2n) is 7.28. The molecule has 0 spiro atoms. The lowest BCUT2D eigenvalue weighted by molar-refractivity contribution is -0.146. The zero-order valence-electron chi connectivity index (χ0n) is 16.1. The molecule has 6 nitrogen and oxygen atoms in total. The van der Waals surface area contributed by atoms with Gasteiger partial charge in [-0.15, -0.1) is 0 Å². The number of aromatic nitrogens is 1. The molecule has 1 fully saturated rings. The molecule has 1 aliphatic rings. The van der Waals surface area contributed by atoms with Crippen LogP contribution >= 0.6 is 0 Å². The Labute approximate surface area is 163 Å². The monoisotopic (exact) mass is 384 g/mol. The molecule has 2 aromatic rings. The van der Waals surface area contributed by atoms with Crippen LogP contribution in [0.25, 0.3) is 0 Å². The lowest BCUT2D eigenvalue weighted by Gasteiger charge is -2.38. The van der Waals surface area contributed by atoms with Gasteiger partial charge in [0.1, 0.15) is 11.6 Å². The molecule has 2 heterocycles. The Kier molecular flexibility index (Phi) is 5.92. The number of likely N-dealkylation sites (tertiary alicyclic amines) is 1. The van der Waals surface area contributed by atoms with E-state index in [4.69, 9.17) is 5.73 Å². The van der Waals surface area contributed by atoms with Crippen molar-refractivity contribution in [1.29, 1.82) is 0 Å². The van der Waals surface area contributed by atoms with Crippen molar-refractivity contribution in [2.45, 2.75) is 39.2 Å². The molecule has 0 aliphatic carbocycles. The third kappa shape index (κ3) is 4.30. The molecule has 1 aliphatic heterocycles. The molecule has 0 radical (unpaired) electrons. The topological polar surface area (TPSA) is 88.3 Å². The maximum atomic E-state index is 13.3. The predicted octanol–water partition coefficient (Wildman–Crippen LogP) is 3.30. The number of halogens is 1. The van der Waals surface area contributed by atoms with Gasteiger partial charge in [-0.3, -0.25) is 9.59 Å². The first-order valence-corrected chi connectivity index (χ1v) is 9.50. The molecule has 0 bridgehead atoms. The molecule has 3 rings (SSSR count). The number of amides is 2. The Hall–Kier alpha value is -2.96. The summed E-state index contributed by atoms with van der Waals surface area (Å²) in [5.41, 5.74) is 7.86. The molecule has 2 amide bonds. The van der Waals surface area contributed by atoms with Gasteiger partial charge in [-0.25, -0.2) is 9.37 Å². The molecule has 3 N–H and O–H groups in total. The fraction of sp³-hybridized carbons (Fsp3) is 0.381. The Morgan fingerprint density at radius 2 is 2.00 bits per heavy atom. The number of aryl methyl sites for hydroxylation is 1. The first-order valence-electron chi connectivity index (χ1n) is 9.50. The van der Waals surface area contributed by atoms with Crippen LogP contribution in [0.1, 0.15) is 43.9 Å². The molecule has 28 heavy (non-hydrogen) atoms. The number of nitrogens with one attached hydrogen (secondary N) is 1. The summed E-state index contributed by atoms with van der Waals surface area (Å²) in [5, 5.41) is 2.63. The number of rotatable bonds is 3. The van der Waals surface area contributed by atoms with Gasteiger partial charge in [0.25, 0.3) is 0 Å². The van der Waals surface area contributed by atoms with Crippen molar-refractivity contribution in [3.63, 3.8) is 0 Å². The van der Waals surface area contributed by atoms with Gasteiger partial charge in [0.15, 0.2) is 0 Å². The molecule has 1 saturated heterocycles. The molecular formula is C21H25FN4O2. The second-order valence-corrected chi connectivity index (χ2v) is 7.28. The van der Waals surface area contributed by atoms with Crippen molar-refractivity contribution in [2.75, 3.05) is 17.6 Å². The van der Waals surface area contributed by atoms with E-state index >= 15 is 0 Å². The average molecular weight is 384 g/mol. The van der Waals surface area contributed by atoms with Crippen LogP contribution in [0.5, 0.6) is 0 Å². The van der Waals surface area contributed by atoms with Crippen molar-refractivity contribution in [1.82, 2.24) is 9.88 Å². The van der Waals surface area contributed by atoms with Crippen LogP contribution in [0, 0.1) is 11.7 Å². The molecule has 148 valence electrons. The molecule has 0 saturated carbocycles. The number of carbonyl (C=O) groups is 2. The maximum Gasteiger partial charge on any atom is 0.313 e. The van der Waals surface area contributed by atoms with E-state index in [1.54, 1.807) is 23.1 Å². The first-order chi connectivity index (χ1) is 13.4. The van der Waals surface area contributed by atoms with Crippen LogP contribution in [-0.4, -0.2) is 28.2 Å². The minimum Gasteiger partial charge on any atom is -0.383 e. The van der Waals surface area contributed by atoms with Crippen molar-refractivity contribution in [3.05, 3.63) is 53.5 Å². The van der Waals surface area contributed by atoms with Crippen LogP contribution in [0.2, 0.25) is 0 Å². The Bertz CT molecular complexity index is 869. The zero-order valence-corrected chi connectivity index (χ0v) is 16.1. The lowest BCUT2D eigenvalue weighted by atomic mass is 9.90. The first kappa shape index (κ1) is 19.8.